The van der Waals surface area contributed by atoms with Gasteiger partial charge < -0.3 is 10.6 Å². The molecule has 1 saturated heterocycles. The molecule has 1 aromatic heterocycles. The highest BCUT2D eigenvalue weighted by molar-refractivity contribution is 7.10. The van der Waals surface area contributed by atoms with Gasteiger partial charge in [-0.05, 0) is 48.9 Å². The molecular formula is C18H16FN3O3S. The fourth-order valence-electron chi connectivity index (χ4n) is 3.60. The minimum Gasteiger partial charge on any atom is -0.324 e. The Morgan fingerprint density at radius 1 is 1.35 bits per heavy atom. The first-order chi connectivity index (χ1) is 12.5. The summed E-state index contributed by atoms with van der Waals surface area (Å²) in [6.07, 6.45) is 2.20. The molecule has 1 aromatic carbocycles. The summed E-state index contributed by atoms with van der Waals surface area (Å²) in [4.78, 5) is 39.6. The molecule has 2 aromatic rings. The quantitative estimate of drug-likeness (QED) is 0.812. The molecule has 0 bridgehead atoms. The number of halogens is 1. The second-order valence-corrected chi connectivity index (χ2v) is 7.40. The number of rotatable bonds is 3. The Bertz CT molecular complexity index is 913. The van der Waals surface area contributed by atoms with Crippen molar-refractivity contribution in [3.05, 3.63) is 52.0 Å². The molecule has 8 heteroatoms. The lowest BCUT2D eigenvalue weighted by Crippen LogP contribution is -2.46. The van der Waals surface area contributed by atoms with E-state index in [1.54, 1.807) is 11.3 Å². The van der Waals surface area contributed by atoms with Crippen molar-refractivity contribution in [1.29, 1.82) is 0 Å². The molecule has 1 aliphatic heterocycles. The van der Waals surface area contributed by atoms with Crippen molar-refractivity contribution in [2.24, 2.45) is 0 Å². The molecule has 1 spiro atoms. The van der Waals surface area contributed by atoms with Crippen LogP contribution >= 0.6 is 11.3 Å². The fraction of sp³-hybridized carbons (Fsp3) is 0.278. The van der Waals surface area contributed by atoms with E-state index < -0.39 is 35.7 Å². The Hall–Kier alpha value is -2.74. The Balaban J connectivity index is 1.53. The lowest BCUT2D eigenvalue weighted by molar-refractivity contribution is -0.134. The predicted octanol–water partition coefficient (Wildman–Crippen LogP) is 2.61. The van der Waals surface area contributed by atoms with Crippen molar-refractivity contribution in [1.82, 2.24) is 10.2 Å². The number of aryl methyl sites for hydroxylation is 1. The Morgan fingerprint density at radius 3 is 3.00 bits per heavy atom. The summed E-state index contributed by atoms with van der Waals surface area (Å²) in [5.74, 6) is -1.45. The van der Waals surface area contributed by atoms with Gasteiger partial charge in [0.25, 0.3) is 5.91 Å². The minimum atomic E-state index is -1.07. The standard InChI is InChI=1S/C18H16FN3O3S/c19-11-3-1-4-12(9-11)20-15(23)10-22-16(24)18(21-17(22)25)7-2-5-14-13(18)6-8-26-14/h1,3-4,6,8-9H,2,5,7,10H2,(H,20,23)(H,21,25)/t18-/m1/s1. The smallest absolute Gasteiger partial charge is 0.324 e. The van der Waals surface area contributed by atoms with E-state index in [0.29, 0.717) is 6.42 Å². The highest BCUT2D eigenvalue weighted by Crippen LogP contribution is 2.42. The van der Waals surface area contributed by atoms with Gasteiger partial charge in [-0.1, -0.05) is 6.07 Å². The molecule has 4 rings (SSSR count). The van der Waals surface area contributed by atoms with Crippen LogP contribution in [-0.2, 0) is 21.5 Å². The molecule has 26 heavy (non-hydrogen) atoms. The maximum absolute atomic E-state index is 13.2. The molecular weight excluding hydrogens is 357 g/mol. The van der Waals surface area contributed by atoms with Gasteiger partial charge in [-0.15, -0.1) is 11.3 Å². The van der Waals surface area contributed by atoms with Crippen molar-refractivity contribution in [2.75, 3.05) is 11.9 Å². The number of amides is 4. The van der Waals surface area contributed by atoms with Crippen LogP contribution in [0.1, 0.15) is 23.3 Å². The predicted molar refractivity (Wildman–Crippen MR) is 94.2 cm³/mol. The van der Waals surface area contributed by atoms with Gasteiger partial charge in [-0.2, -0.15) is 0 Å². The van der Waals surface area contributed by atoms with Gasteiger partial charge in [0.1, 0.15) is 17.9 Å². The number of hydrogen-bond donors (Lipinski definition) is 2. The van der Waals surface area contributed by atoms with E-state index in [1.807, 2.05) is 11.4 Å². The number of urea groups is 1. The number of carbonyl (C=O) groups excluding carboxylic acids is 3. The van der Waals surface area contributed by atoms with Gasteiger partial charge in [0.05, 0.1) is 0 Å². The summed E-state index contributed by atoms with van der Waals surface area (Å²) in [5.41, 5.74) is 0.0405. The number of nitrogens with one attached hydrogen (secondary N) is 2. The second kappa shape index (κ2) is 6.21. The number of benzene rings is 1. The molecule has 6 nitrogen and oxygen atoms in total. The summed E-state index contributed by atoms with van der Waals surface area (Å²) >= 11 is 1.57. The van der Waals surface area contributed by atoms with Crippen molar-refractivity contribution in [3.63, 3.8) is 0 Å². The van der Waals surface area contributed by atoms with Gasteiger partial charge in [0.2, 0.25) is 5.91 Å². The molecule has 2 N–H and O–H groups in total. The van der Waals surface area contributed by atoms with Crippen LogP contribution in [0.5, 0.6) is 0 Å². The summed E-state index contributed by atoms with van der Waals surface area (Å²) in [6, 6.07) is 6.72. The van der Waals surface area contributed by atoms with E-state index in [9.17, 15) is 18.8 Å². The van der Waals surface area contributed by atoms with Crippen LogP contribution in [0, 0.1) is 5.82 Å². The van der Waals surface area contributed by atoms with E-state index in [4.69, 9.17) is 0 Å². The molecule has 1 atom stereocenters. The van der Waals surface area contributed by atoms with Gasteiger partial charge in [-0.25, -0.2) is 9.18 Å². The zero-order chi connectivity index (χ0) is 18.3. The number of thiophene rings is 1. The first-order valence-corrected chi connectivity index (χ1v) is 9.14. The molecule has 134 valence electrons. The summed E-state index contributed by atoms with van der Waals surface area (Å²) in [5, 5.41) is 7.21. The number of fused-ring (bicyclic) bond motifs is 2. The highest BCUT2D eigenvalue weighted by Gasteiger charge is 2.54. The minimum absolute atomic E-state index is 0.273. The first-order valence-electron chi connectivity index (χ1n) is 8.26. The number of carbonyl (C=O) groups is 3. The van der Waals surface area contributed by atoms with Gasteiger partial charge in [0, 0.05) is 16.1 Å². The van der Waals surface area contributed by atoms with Gasteiger partial charge in [0.15, 0.2) is 0 Å². The van der Waals surface area contributed by atoms with E-state index in [1.165, 1.54) is 24.3 Å². The third-order valence-electron chi connectivity index (χ3n) is 4.75. The van der Waals surface area contributed by atoms with E-state index >= 15 is 0 Å². The van der Waals surface area contributed by atoms with Crippen LogP contribution in [0.25, 0.3) is 0 Å². The van der Waals surface area contributed by atoms with Crippen molar-refractivity contribution in [3.8, 4) is 0 Å². The Kier molecular flexibility index (Phi) is 3.99. The Labute approximate surface area is 153 Å². The third-order valence-corrected chi connectivity index (χ3v) is 5.73. The third kappa shape index (κ3) is 2.66. The average molecular weight is 373 g/mol. The summed E-state index contributed by atoms with van der Waals surface area (Å²) < 4.78 is 13.2. The van der Waals surface area contributed by atoms with E-state index in [-0.39, 0.29) is 5.69 Å². The van der Waals surface area contributed by atoms with Crippen LogP contribution in [0.2, 0.25) is 0 Å². The molecule has 4 amide bonds. The van der Waals surface area contributed by atoms with Crippen molar-refractivity contribution >= 4 is 34.9 Å². The number of hydrogen-bond acceptors (Lipinski definition) is 4. The van der Waals surface area contributed by atoms with Gasteiger partial charge >= 0.3 is 6.03 Å². The molecule has 2 heterocycles. The SMILES string of the molecule is O=C(CN1C(=O)N[C@@]2(CCCc3sccc32)C1=O)Nc1cccc(F)c1. The van der Waals surface area contributed by atoms with Crippen LogP contribution < -0.4 is 10.6 Å². The lowest BCUT2D eigenvalue weighted by Gasteiger charge is -2.31. The molecule has 0 saturated carbocycles. The fourth-order valence-corrected chi connectivity index (χ4v) is 4.60. The zero-order valence-electron chi connectivity index (χ0n) is 13.8. The number of imide groups is 1. The molecule has 1 aliphatic carbocycles. The van der Waals surface area contributed by atoms with Crippen LogP contribution in [0.4, 0.5) is 14.9 Å². The van der Waals surface area contributed by atoms with Crippen LogP contribution in [-0.4, -0.2) is 29.3 Å². The maximum Gasteiger partial charge on any atom is 0.325 e. The molecule has 2 aliphatic rings. The molecule has 1 fully saturated rings. The largest absolute Gasteiger partial charge is 0.325 e. The summed E-state index contributed by atoms with van der Waals surface area (Å²) in [6.45, 7) is -0.414. The first kappa shape index (κ1) is 16.7. The van der Waals surface area contributed by atoms with E-state index in [0.717, 1.165) is 28.2 Å². The average Bonchev–Trinajstić information content (AvgIpc) is 3.16. The topological polar surface area (TPSA) is 78.5 Å². The van der Waals surface area contributed by atoms with Crippen LogP contribution in [0.15, 0.2) is 35.7 Å². The van der Waals surface area contributed by atoms with Gasteiger partial charge in [-0.3, -0.25) is 14.5 Å². The number of anilines is 1. The normalized spacial score (nSPS) is 21.7. The van der Waals surface area contributed by atoms with Crippen molar-refractivity contribution in [2.45, 2.75) is 24.8 Å². The second-order valence-electron chi connectivity index (χ2n) is 6.40. The summed E-state index contributed by atoms with van der Waals surface area (Å²) in [7, 11) is 0. The number of nitrogens with zero attached hydrogens (tertiary/aromatic N) is 1. The van der Waals surface area contributed by atoms with Crippen molar-refractivity contribution < 1.29 is 18.8 Å². The zero-order valence-corrected chi connectivity index (χ0v) is 14.6. The Morgan fingerprint density at radius 2 is 2.19 bits per heavy atom. The maximum atomic E-state index is 13.2. The molecule has 0 unspecified atom stereocenters. The van der Waals surface area contributed by atoms with E-state index in [2.05, 4.69) is 10.6 Å². The monoisotopic (exact) mass is 373 g/mol. The molecule has 0 radical (unpaired) electrons. The highest BCUT2D eigenvalue weighted by atomic mass is 32.1. The lowest BCUT2D eigenvalue weighted by atomic mass is 9.80. The van der Waals surface area contributed by atoms with Crippen LogP contribution in [0.3, 0.4) is 0 Å².